The first kappa shape index (κ1) is 20.8. The minimum atomic E-state index is -0.337. The van der Waals surface area contributed by atoms with Gasteiger partial charge in [-0.2, -0.15) is 0 Å². The third kappa shape index (κ3) is 5.02. The van der Waals surface area contributed by atoms with Crippen LogP contribution in [0.5, 0.6) is 5.75 Å². The first-order chi connectivity index (χ1) is 15.0. The highest BCUT2D eigenvalue weighted by molar-refractivity contribution is 6.42. The SMILES string of the molecule is O=C(COc1cccnc1)Nc1ccc2c(=O)n(Cc3ccc(Cl)c(Cl)c3)cnc2c1. The summed E-state index contributed by atoms with van der Waals surface area (Å²) >= 11 is 12.0. The molecule has 0 aliphatic heterocycles. The van der Waals surface area contributed by atoms with Gasteiger partial charge in [-0.15, -0.1) is 0 Å². The van der Waals surface area contributed by atoms with Crippen molar-refractivity contribution < 1.29 is 9.53 Å². The molecule has 0 bridgehead atoms. The van der Waals surface area contributed by atoms with Crippen LogP contribution in [0, 0.1) is 0 Å². The molecule has 2 aromatic carbocycles. The summed E-state index contributed by atoms with van der Waals surface area (Å²) < 4.78 is 6.86. The highest BCUT2D eigenvalue weighted by Crippen LogP contribution is 2.23. The fourth-order valence-corrected chi connectivity index (χ4v) is 3.28. The molecule has 0 atom stereocenters. The van der Waals surface area contributed by atoms with E-state index in [0.29, 0.717) is 38.9 Å². The smallest absolute Gasteiger partial charge is 0.262 e. The van der Waals surface area contributed by atoms with E-state index >= 15 is 0 Å². The lowest BCUT2D eigenvalue weighted by Gasteiger charge is -2.10. The molecule has 1 amide bonds. The number of ether oxygens (including phenoxy) is 1. The van der Waals surface area contributed by atoms with Crippen LogP contribution in [0.1, 0.15) is 5.56 Å². The molecular weight excluding hydrogens is 439 g/mol. The number of fused-ring (bicyclic) bond motifs is 1. The number of anilines is 1. The molecule has 0 spiro atoms. The maximum atomic E-state index is 12.8. The molecule has 0 saturated heterocycles. The van der Waals surface area contributed by atoms with Gasteiger partial charge in [0, 0.05) is 11.9 Å². The molecule has 0 fully saturated rings. The Morgan fingerprint density at radius 1 is 1.10 bits per heavy atom. The van der Waals surface area contributed by atoms with E-state index < -0.39 is 0 Å². The first-order valence-electron chi connectivity index (χ1n) is 9.25. The van der Waals surface area contributed by atoms with Crippen LogP contribution in [-0.2, 0) is 11.3 Å². The van der Waals surface area contributed by atoms with E-state index in [9.17, 15) is 9.59 Å². The summed E-state index contributed by atoms with van der Waals surface area (Å²) in [6.07, 6.45) is 4.61. The molecule has 156 valence electrons. The van der Waals surface area contributed by atoms with Crippen molar-refractivity contribution in [2.75, 3.05) is 11.9 Å². The third-order valence-electron chi connectivity index (χ3n) is 4.45. The molecule has 0 radical (unpaired) electrons. The number of carbonyl (C=O) groups is 1. The second-order valence-corrected chi connectivity index (χ2v) is 7.50. The van der Waals surface area contributed by atoms with Crippen molar-refractivity contribution >= 4 is 45.7 Å². The molecule has 7 nitrogen and oxygen atoms in total. The summed E-state index contributed by atoms with van der Waals surface area (Å²) in [7, 11) is 0. The Balaban J connectivity index is 1.48. The van der Waals surface area contributed by atoms with Gasteiger partial charge in [-0.05, 0) is 48.0 Å². The Bertz CT molecular complexity index is 1310. The Morgan fingerprint density at radius 2 is 1.97 bits per heavy atom. The fraction of sp³-hybridized carbons (Fsp3) is 0.0909. The molecule has 4 rings (SSSR count). The number of hydrogen-bond donors (Lipinski definition) is 1. The van der Waals surface area contributed by atoms with Crippen LogP contribution in [0.4, 0.5) is 5.69 Å². The largest absolute Gasteiger partial charge is 0.482 e. The summed E-state index contributed by atoms with van der Waals surface area (Å²) in [6, 6.07) is 13.6. The Morgan fingerprint density at radius 3 is 2.74 bits per heavy atom. The predicted octanol–water partition coefficient (Wildman–Crippen LogP) is 4.16. The van der Waals surface area contributed by atoms with Crippen LogP contribution in [0.15, 0.2) is 72.0 Å². The van der Waals surface area contributed by atoms with Gasteiger partial charge in [-0.3, -0.25) is 19.1 Å². The number of halogens is 2. The predicted molar refractivity (Wildman–Crippen MR) is 120 cm³/mol. The lowest BCUT2D eigenvalue weighted by molar-refractivity contribution is -0.118. The zero-order chi connectivity index (χ0) is 21.8. The van der Waals surface area contributed by atoms with Gasteiger partial charge in [0.2, 0.25) is 0 Å². The highest BCUT2D eigenvalue weighted by atomic mass is 35.5. The van der Waals surface area contributed by atoms with Gasteiger partial charge < -0.3 is 10.1 Å². The van der Waals surface area contributed by atoms with Gasteiger partial charge in [-0.25, -0.2) is 4.98 Å². The first-order valence-corrected chi connectivity index (χ1v) is 10.0. The van der Waals surface area contributed by atoms with Gasteiger partial charge in [0.25, 0.3) is 11.5 Å². The van der Waals surface area contributed by atoms with Crippen LogP contribution in [0.3, 0.4) is 0 Å². The molecule has 2 aromatic heterocycles. The van der Waals surface area contributed by atoms with Crippen LogP contribution < -0.4 is 15.6 Å². The van der Waals surface area contributed by atoms with E-state index in [1.165, 1.54) is 17.1 Å². The van der Waals surface area contributed by atoms with Crippen LogP contribution in [0.25, 0.3) is 10.9 Å². The maximum absolute atomic E-state index is 12.8. The standard InChI is InChI=1S/C22H16Cl2N4O3/c23-18-6-3-14(8-19(18)24)11-28-13-26-20-9-15(4-5-17(20)22(28)30)27-21(29)12-31-16-2-1-7-25-10-16/h1-10,13H,11-12H2,(H,27,29). The number of aromatic nitrogens is 3. The number of nitrogens with one attached hydrogen (secondary N) is 1. The molecular formula is C22H16Cl2N4O3. The van der Waals surface area contributed by atoms with E-state index in [2.05, 4.69) is 15.3 Å². The van der Waals surface area contributed by atoms with Crippen LogP contribution in [0.2, 0.25) is 10.0 Å². The van der Waals surface area contributed by atoms with Crippen molar-refractivity contribution in [3.05, 3.63) is 93.2 Å². The number of carbonyl (C=O) groups excluding carboxylic acids is 1. The summed E-state index contributed by atoms with van der Waals surface area (Å²) in [5.74, 6) is 0.163. The van der Waals surface area contributed by atoms with Crippen molar-refractivity contribution in [1.82, 2.24) is 14.5 Å². The van der Waals surface area contributed by atoms with Crippen molar-refractivity contribution in [2.45, 2.75) is 6.54 Å². The van der Waals surface area contributed by atoms with Crippen LogP contribution >= 0.6 is 23.2 Å². The minimum absolute atomic E-state index is 0.164. The summed E-state index contributed by atoms with van der Waals surface area (Å²) in [4.78, 5) is 33.2. The van der Waals surface area contributed by atoms with Crippen LogP contribution in [-0.4, -0.2) is 27.0 Å². The van der Waals surface area contributed by atoms with E-state index in [1.54, 1.807) is 54.7 Å². The van der Waals surface area contributed by atoms with Crippen molar-refractivity contribution in [3.63, 3.8) is 0 Å². The van der Waals surface area contributed by atoms with Crippen molar-refractivity contribution in [2.24, 2.45) is 0 Å². The van der Waals surface area contributed by atoms with E-state index in [-0.39, 0.29) is 18.1 Å². The Hall–Kier alpha value is -3.42. The zero-order valence-electron chi connectivity index (χ0n) is 16.1. The molecule has 1 N–H and O–H groups in total. The quantitative estimate of drug-likeness (QED) is 0.472. The van der Waals surface area contributed by atoms with Gasteiger partial charge in [0.15, 0.2) is 6.61 Å². The number of nitrogens with zero attached hydrogens (tertiary/aromatic N) is 3. The van der Waals surface area contributed by atoms with Gasteiger partial charge in [0.05, 0.1) is 40.0 Å². The topological polar surface area (TPSA) is 86.1 Å². The lowest BCUT2D eigenvalue weighted by Crippen LogP contribution is -2.22. The molecule has 0 aliphatic rings. The Kier molecular flexibility index (Phi) is 6.16. The van der Waals surface area contributed by atoms with Gasteiger partial charge in [-0.1, -0.05) is 29.3 Å². The fourth-order valence-electron chi connectivity index (χ4n) is 2.96. The van der Waals surface area contributed by atoms with E-state index in [4.69, 9.17) is 27.9 Å². The second kappa shape index (κ2) is 9.16. The second-order valence-electron chi connectivity index (χ2n) is 6.68. The normalized spacial score (nSPS) is 10.8. The Labute approximate surface area is 187 Å². The summed E-state index contributed by atoms with van der Waals surface area (Å²) in [6.45, 7) is 0.144. The number of amides is 1. The summed E-state index contributed by atoms with van der Waals surface area (Å²) in [5.41, 5.74) is 1.62. The lowest BCUT2D eigenvalue weighted by atomic mass is 10.2. The third-order valence-corrected chi connectivity index (χ3v) is 5.19. The maximum Gasteiger partial charge on any atom is 0.262 e. The van der Waals surface area contributed by atoms with Crippen molar-refractivity contribution in [3.8, 4) is 5.75 Å². The number of benzene rings is 2. The number of pyridine rings is 1. The molecule has 31 heavy (non-hydrogen) atoms. The van der Waals surface area contributed by atoms with Gasteiger partial charge >= 0.3 is 0 Å². The number of rotatable bonds is 6. The minimum Gasteiger partial charge on any atom is -0.482 e. The zero-order valence-corrected chi connectivity index (χ0v) is 17.6. The highest BCUT2D eigenvalue weighted by Gasteiger charge is 2.09. The monoisotopic (exact) mass is 454 g/mol. The van der Waals surface area contributed by atoms with Gasteiger partial charge in [0.1, 0.15) is 5.75 Å². The molecule has 0 unspecified atom stereocenters. The average Bonchev–Trinajstić information content (AvgIpc) is 2.77. The molecule has 0 aliphatic carbocycles. The molecule has 4 aromatic rings. The van der Waals surface area contributed by atoms with E-state index in [0.717, 1.165) is 5.56 Å². The number of hydrogen-bond acceptors (Lipinski definition) is 5. The molecule has 2 heterocycles. The average molecular weight is 455 g/mol. The molecule has 9 heteroatoms. The van der Waals surface area contributed by atoms with E-state index in [1.807, 2.05) is 0 Å². The van der Waals surface area contributed by atoms with Crippen molar-refractivity contribution in [1.29, 1.82) is 0 Å². The molecule has 0 saturated carbocycles. The summed E-state index contributed by atoms with van der Waals surface area (Å²) in [5, 5.41) is 4.04.